The van der Waals surface area contributed by atoms with E-state index in [0.29, 0.717) is 17.4 Å². The van der Waals surface area contributed by atoms with E-state index in [1.165, 1.54) is 12.8 Å². The Morgan fingerprint density at radius 3 is 3.00 bits per heavy atom. The van der Waals surface area contributed by atoms with Crippen LogP contribution < -0.4 is 10.6 Å². The molecule has 1 amide bonds. The molecule has 2 N–H and O–H groups in total. The largest absolute Gasteiger partial charge is 0.466 e. The van der Waals surface area contributed by atoms with E-state index < -0.39 is 0 Å². The predicted octanol–water partition coefficient (Wildman–Crippen LogP) is 1.77. The number of hydrogen-bond donors (Lipinski definition) is 2. The Bertz CT molecular complexity index is 392. The summed E-state index contributed by atoms with van der Waals surface area (Å²) in [5, 5.41) is 6.36. The van der Waals surface area contributed by atoms with Crippen molar-refractivity contribution >= 4 is 5.91 Å². The van der Waals surface area contributed by atoms with Gasteiger partial charge >= 0.3 is 0 Å². The average Bonchev–Trinajstić information content (AvgIpc) is 2.88. The van der Waals surface area contributed by atoms with Gasteiger partial charge in [0.15, 0.2) is 0 Å². The van der Waals surface area contributed by atoms with Gasteiger partial charge in [-0.15, -0.1) is 0 Å². The van der Waals surface area contributed by atoms with Gasteiger partial charge in [0.2, 0.25) is 0 Å². The van der Waals surface area contributed by atoms with Crippen LogP contribution in [0.25, 0.3) is 0 Å². The zero-order chi connectivity index (χ0) is 12.3. The Hall–Kier alpha value is -1.29. The Kier molecular flexibility index (Phi) is 3.84. The summed E-state index contributed by atoms with van der Waals surface area (Å²) in [5.74, 6) is 1.45. The molecule has 0 bridgehead atoms. The molecular weight excluding hydrogens is 216 g/mol. The number of rotatable bonds is 4. The molecule has 4 nitrogen and oxygen atoms in total. The third-order valence-corrected chi connectivity index (χ3v) is 3.23. The first kappa shape index (κ1) is 12.2. The molecule has 0 aromatic carbocycles. The molecule has 94 valence electrons. The zero-order valence-electron chi connectivity index (χ0n) is 10.5. The van der Waals surface area contributed by atoms with Crippen LogP contribution in [0.2, 0.25) is 0 Å². The van der Waals surface area contributed by atoms with Crippen LogP contribution in [-0.4, -0.2) is 25.0 Å². The summed E-state index contributed by atoms with van der Waals surface area (Å²) in [6, 6.07) is 2.36. The standard InChI is InChI=1S/C13H20N2O2/c1-9-8-12(10(2)17-9)13(16)15-7-5-11-4-3-6-14-11/h8,11,14H,3-7H2,1-2H3,(H,15,16)/t11-/m0/s1. The lowest BCUT2D eigenvalue weighted by Crippen LogP contribution is -2.30. The molecular formula is C13H20N2O2. The van der Waals surface area contributed by atoms with E-state index in [2.05, 4.69) is 10.6 Å². The SMILES string of the molecule is Cc1cc(C(=O)NCC[C@@H]2CCCN2)c(C)o1. The van der Waals surface area contributed by atoms with Crippen LogP contribution in [0.3, 0.4) is 0 Å². The molecule has 1 aliphatic heterocycles. The predicted molar refractivity (Wildman–Crippen MR) is 66.2 cm³/mol. The molecule has 4 heteroatoms. The van der Waals surface area contributed by atoms with Crippen molar-refractivity contribution in [1.29, 1.82) is 0 Å². The van der Waals surface area contributed by atoms with Gasteiger partial charge in [0, 0.05) is 12.6 Å². The topological polar surface area (TPSA) is 54.3 Å². The van der Waals surface area contributed by atoms with Gasteiger partial charge in [-0.1, -0.05) is 0 Å². The van der Waals surface area contributed by atoms with E-state index in [1.54, 1.807) is 6.07 Å². The van der Waals surface area contributed by atoms with Crippen LogP contribution >= 0.6 is 0 Å². The summed E-state index contributed by atoms with van der Waals surface area (Å²) in [4.78, 5) is 11.9. The molecule has 2 rings (SSSR count). The molecule has 1 aromatic rings. The van der Waals surface area contributed by atoms with Crippen molar-refractivity contribution in [3.8, 4) is 0 Å². The Labute approximate surface area is 102 Å². The minimum absolute atomic E-state index is 0.0302. The van der Waals surface area contributed by atoms with Gasteiger partial charge in [-0.2, -0.15) is 0 Å². The number of carbonyl (C=O) groups excluding carboxylic acids is 1. The van der Waals surface area contributed by atoms with Crippen molar-refractivity contribution in [1.82, 2.24) is 10.6 Å². The highest BCUT2D eigenvalue weighted by Gasteiger charge is 2.16. The van der Waals surface area contributed by atoms with Crippen molar-refractivity contribution in [2.45, 2.75) is 39.2 Å². The number of amides is 1. The fourth-order valence-electron chi connectivity index (χ4n) is 2.31. The molecule has 1 atom stereocenters. The number of furan rings is 1. The van der Waals surface area contributed by atoms with E-state index in [9.17, 15) is 4.79 Å². The van der Waals surface area contributed by atoms with Gasteiger partial charge in [0.1, 0.15) is 11.5 Å². The van der Waals surface area contributed by atoms with Gasteiger partial charge in [0.25, 0.3) is 5.91 Å². The van der Waals surface area contributed by atoms with Crippen LogP contribution in [0, 0.1) is 13.8 Å². The maximum Gasteiger partial charge on any atom is 0.254 e. The van der Waals surface area contributed by atoms with E-state index >= 15 is 0 Å². The van der Waals surface area contributed by atoms with Gasteiger partial charge in [-0.05, 0) is 45.7 Å². The minimum atomic E-state index is -0.0302. The molecule has 2 heterocycles. The zero-order valence-corrected chi connectivity index (χ0v) is 10.5. The minimum Gasteiger partial charge on any atom is -0.466 e. The lowest BCUT2D eigenvalue weighted by molar-refractivity contribution is 0.0951. The van der Waals surface area contributed by atoms with Crippen molar-refractivity contribution in [3.63, 3.8) is 0 Å². The molecule has 0 saturated carbocycles. The second-order valence-corrected chi connectivity index (χ2v) is 4.66. The fourth-order valence-corrected chi connectivity index (χ4v) is 2.31. The summed E-state index contributed by atoms with van der Waals surface area (Å²) >= 11 is 0. The smallest absolute Gasteiger partial charge is 0.254 e. The van der Waals surface area contributed by atoms with Gasteiger partial charge in [0.05, 0.1) is 5.56 Å². The van der Waals surface area contributed by atoms with E-state index in [1.807, 2.05) is 13.8 Å². The quantitative estimate of drug-likeness (QED) is 0.837. The highest BCUT2D eigenvalue weighted by atomic mass is 16.3. The second kappa shape index (κ2) is 5.36. The summed E-state index contributed by atoms with van der Waals surface area (Å²) in [7, 11) is 0. The van der Waals surface area contributed by atoms with Gasteiger partial charge in [-0.3, -0.25) is 4.79 Å². The Morgan fingerprint density at radius 2 is 2.41 bits per heavy atom. The van der Waals surface area contributed by atoms with E-state index in [0.717, 1.165) is 25.3 Å². The highest BCUT2D eigenvalue weighted by Crippen LogP contribution is 2.13. The first-order valence-corrected chi connectivity index (χ1v) is 6.25. The number of carbonyl (C=O) groups is 1. The molecule has 0 unspecified atom stereocenters. The lowest BCUT2D eigenvalue weighted by Gasteiger charge is -2.10. The molecule has 1 aliphatic rings. The molecule has 1 aromatic heterocycles. The summed E-state index contributed by atoms with van der Waals surface area (Å²) in [5.41, 5.74) is 0.655. The van der Waals surface area contributed by atoms with Crippen LogP contribution in [0.1, 0.15) is 41.1 Å². The van der Waals surface area contributed by atoms with Crippen molar-refractivity contribution in [2.75, 3.05) is 13.1 Å². The monoisotopic (exact) mass is 236 g/mol. The molecule has 0 aliphatic carbocycles. The van der Waals surface area contributed by atoms with Crippen LogP contribution in [0.15, 0.2) is 10.5 Å². The molecule has 0 radical (unpaired) electrons. The molecule has 1 fully saturated rings. The average molecular weight is 236 g/mol. The first-order valence-electron chi connectivity index (χ1n) is 6.25. The van der Waals surface area contributed by atoms with Gasteiger partial charge in [-0.25, -0.2) is 0 Å². The molecule has 1 saturated heterocycles. The Morgan fingerprint density at radius 1 is 1.59 bits per heavy atom. The van der Waals surface area contributed by atoms with Crippen molar-refractivity contribution in [2.24, 2.45) is 0 Å². The maximum atomic E-state index is 11.9. The van der Waals surface area contributed by atoms with E-state index in [4.69, 9.17) is 4.42 Å². The maximum absolute atomic E-state index is 11.9. The van der Waals surface area contributed by atoms with Crippen molar-refractivity contribution < 1.29 is 9.21 Å². The van der Waals surface area contributed by atoms with Crippen LogP contribution in [0.4, 0.5) is 0 Å². The van der Waals surface area contributed by atoms with Crippen LogP contribution in [-0.2, 0) is 0 Å². The summed E-state index contributed by atoms with van der Waals surface area (Å²) in [6.07, 6.45) is 3.47. The third kappa shape index (κ3) is 3.09. The first-order chi connectivity index (χ1) is 8.16. The van der Waals surface area contributed by atoms with Crippen LogP contribution in [0.5, 0.6) is 0 Å². The summed E-state index contributed by atoms with van der Waals surface area (Å²) < 4.78 is 5.34. The molecule has 0 spiro atoms. The Balaban J connectivity index is 1.78. The third-order valence-electron chi connectivity index (χ3n) is 3.23. The second-order valence-electron chi connectivity index (χ2n) is 4.66. The van der Waals surface area contributed by atoms with Gasteiger partial charge < -0.3 is 15.1 Å². The fraction of sp³-hybridized carbons (Fsp3) is 0.615. The number of hydrogen-bond acceptors (Lipinski definition) is 3. The molecule has 17 heavy (non-hydrogen) atoms. The number of aryl methyl sites for hydroxylation is 2. The number of nitrogens with one attached hydrogen (secondary N) is 2. The highest BCUT2D eigenvalue weighted by molar-refractivity contribution is 5.95. The van der Waals surface area contributed by atoms with E-state index in [-0.39, 0.29) is 5.91 Å². The summed E-state index contributed by atoms with van der Waals surface area (Å²) in [6.45, 7) is 5.51. The van der Waals surface area contributed by atoms with Crippen molar-refractivity contribution in [3.05, 3.63) is 23.2 Å². The normalized spacial score (nSPS) is 19.5. The lowest BCUT2D eigenvalue weighted by atomic mass is 10.1.